The van der Waals surface area contributed by atoms with Gasteiger partial charge in [0.25, 0.3) is 0 Å². The van der Waals surface area contributed by atoms with Crippen LogP contribution in [0.3, 0.4) is 0 Å². The van der Waals surface area contributed by atoms with Crippen molar-refractivity contribution in [1.82, 2.24) is 5.32 Å². The first-order chi connectivity index (χ1) is 13.2. The quantitative estimate of drug-likeness (QED) is 0.432. The average Bonchev–Trinajstić information content (AvgIpc) is 3.16. The van der Waals surface area contributed by atoms with Crippen molar-refractivity contribution in [2.24, 2.45) is 0 Å². The standard InChI is InChI=1S/C22H24BrNO2S/c1-3-25-21-12-18(13-24-14-19-5-4-10-27-19)11-20(23)22(21)26-15-17-8-6-16(2)7-9-17/h4-12,24H,3,13-15H2,1-2H3. The van der Waals surface area contributed by atoms with Crippen LogP contribution in [0.1, 0.15) is 28.5 Å². The van der Waals surface area contributed by atoms with E-state index in [9.17, 15) is 0 Å². The Morgan fingerprint density at radius 2 is 1.81 bits per heavy atom. The summed E-state index contributed by atoms with van der Waals surface area (Å²) in [6, 6.07) is 16.7. The van der Waals surface area contributed by atoms with Crippen molar-refractivity contribution >= 4 is 27.3 Å². The highest BCUT2D eigenvalue weighted by molar-refractivity contribution is 9.10. The van der Waals surface area contributed by atoms with Crippen LogP contribution < -0.4 is 14.8 Å². The number of hydrogen-bond acceptors (Lipinski definition) is 4. The molecule has 0 unspecified atom stereocenters. The molecule has 0 saturated carbocycles. The molecule has 0 fully saturated rings. The molecule has 0 amide bonds. The van der Waals surface area contributed by atoms with E-state index in [0.717, 1.165) is 40.2 Å². The van der Waals surface area contributed by atoms with Crippen molar-refractivity contribution in [3.8, 4) is 11.5 Å². The van der Waals surface area contributed by atoms with Gasteiger partial charge in [-0.2, -0.15) is 0 Å². The first kappa shape index (κ1) is 19.9. The number of nitrogens with one attached hydrogen (secondary N) is 1. The number of benzene rings is 2. The number of rotatable bonds is 9. The fourth-order valence-corrected chi connectivity index (χ4v) is 3.99. The molecule has 142 valence electrons. The number of ether oxygens (including phenoxy) is 2. The minimum Gasteiger partial charge on any atom is -0.490 e. The molecule has 0 aliphatic heterocycles. The Bertz CT molecular complexity index is 848. The van der Waals surface area contributed by atoms with E-state index in [1.165, 1.54) is 10.4 Å². The second-order valence-electron chi connectivity index (χ2n) is 6.30. The van der Waals surface area contributed by atoms with Crippen LogP contribution in [0, 0.1) is 6.92 Å². The zero-order valence-corrected chi connectivity index (χ0v) is 18.0. The van der Waals surface area contributed by atoms with Gasteiger partial charge >= 0.3 is 0 Å². The van der Waals surface area contributed by atoms with Crippen LogP contribution in [0.4, 0.5) is 0 Å². The zero-order chi connectivity index (χ0) is 19.1. The van der Waals surface area contributed by atoms with Gasteiger partial charge in [0.2, 0.25) is 0 Å². The molecule has 5 heteroatoms. The number of thiophene rings is 1. The Kier molecular flexibility index (Phi) is 7.33. The largest absolute Gasteiger partial charge is 0.490 e. The van der Waals surface area contributed by atoms with Gasteiger partial charge in [0.15, 0.2) is 11.5 Å². The van der Waals surface area contributed by atoms with E-state index in [0.29, 0.717) is 13.2 Å². The number of hydrogen-bond donors (Lipinski definition) is 1. The smallest absolute Gasteiger partial charge is 0.175 e. The Labute approximate surface area is 173 Å². The molecule has 0 aliphatic rings. The highest BCUT2D eigenvalue weighted by Gasteiger charge is 2.13. The van der Waals surface area contributed by atoms with E-state index in [1.807, 2.05) is 6.92 Å². The lowest BCUT2D eigenvalue weighted by molar-refractivity contribution is 0.267. The molecule has 0 bridgehead atoms. The lowest BCUT2D eigenvalue weighted by atomic mass is 10.1. The second-order valence-corrected chi connectivity index (χ2v) is 8.18. The summed E-state index contributed by atoms with van der Waals surface area (Å²) in [5.74, 6) is 1.52. The van der Waals surface area contributed by atoms with Crippen LogP contribution in [0.2, 0.25) is 0 Å². The zero-order valence-electron chi connectivity index (χ0n) is 15.6. The molecule has 0 saturated heterocycles. The monoisotopic (exact) mass is 445 g/mol. The third-order valence-electron chi connectivity index (χ3n) is 4.08. The minimum atomic E-state index is 0.509. The summed E-state index contributed by atoms with van der Waals surface area (Å²) >= 11 is 5.42. The summed E-state index contributed by atoms with van der Waals surface area (Å²) in [4.78, 5) is 1.33. The summed E-state index contributed by atoms with van der Waals surface area (Å²) in [6.45, 7) is 6.81. The highest BCUT2D eigenvalue weighted by Crippen LogP contribution is 2.37. The molecular weight excluding hydrogens is 422 g/mol. The highest BCUT2D eigenvalue weighted by atomic mass is 79.9. The van der Waals surface area contributed by atoms with Crippen LogP contribution in [-0.2, 0) is 19.7 Å². The first-order valence-corrected chi connectivity index (χ1v) is 10.7. The predicted octanol–water partition coefficient (Wildman–Crippen LogP) is 6.09. The maximum atomic E-state index is 6.07. The van der Waals surface area contributed by atoms with Gasteiger partial charge in [-0.05, 0) is 64.5 Å². The Hall–Kier alpha value is -1.82. The van der Waals surface area contributed by atoms with E-state index in [1.54, 1.807) is 11.3 Å². The second kappa shape index (κ2) is 9.93. The first-order valence-electron chi connectivity index (χ1n) is 9.02. The van der Waals surface area contributed by atoms with Crippen molar-refractivity contribution in [1.29, 1.82) is 0 Å². The van der Waals surface area contributed by atoms with Crippen molar-refractivity contribution in [2.45, 2.75) is 33.5 Å². The maximum absolute atomic E-state index is 6.07. The SMILES string of the molecule is CCOc1cc(CNCc2cccs2)cc(Br)c1OCc1ccc(C)cc1. The van der Waals surface area contributed by atoms with Crippen LogP contribution in [0.15, 0.2) is 58.4 Å². The Balaban J connectivity index is 1.68. The predicted molar refractivity (Wildman–Crippen MR) is 116 cm³/mol. The van der Waals surface area contributed by atoms with E-state index in [-0.39, 0.29) is 0 Å². The third-order valence-corrected chi connectivity index (χ3v) is 5.55. The third kappa shape index (κ3) is 5.83. The van der Waals surface area contributed by atoms with E-state index >= 15 is 0 Å². The van der Waals surface area contributed by atoms with E-state index in [4.69, 9.17) is 9.47 Å². The van der Waals surface area contributed by atoms with Gasteiger partial charge in [-0.25, -0.2) is 0 Å². The normalized spacial score (nSPS) is 10.8. The topological polar surface area (TPSA) is 30.5 Å². The maximum Gasteiger partial charge on any atom is 0.175 e. The van der Waals surface area contributed by atoms with Crippen LogP contribution >= 0.6 is 27.3 Å². The van der Waals surface area contributed by atoms with Gasteiger partial charge in [-0.1, -0.05) is 35.9 Å². The summed E-state index contributed by atoms with van der Waals surface area (Å²) < 4.78 is 12.8. The lowest BCUT2D eigenvalue weighted by Gasteiger charge is -2.16. The van der Waals surface area contributed by atoms with Crippen molar-refractivity contribution in [2.75, 3.05) is 6.61 Å². The number of halogens is 1. The average molecular weight is 446 g/mol. The summed E-state index contributed by atoms with van der Waals surface area (Å²) in [7, 11) is 0. The van der Waals surface area contributed by atoms with Crippen molar-refractivity contribution < 1.29 is 9.47 Å². The minimum absolute atomic E-state index is 0.509. The summed E-state index contributed by atoms with van der Waals surface area (Å²) in [5, 5.41) is 5.57. The molecular formula is C22H24BrNO2S. The fraction of sp³-hybridized carbons (Fsp3) is 0.273. The Morgan fingerprint density at radius 3 is 2.52 bits per heavy atom. The summed E-state index contributed by atoms with van der Waals surface area (Å²) in [6.07, 6.45) is 0. The van der Waals surface area contributed by atoms with Crippen molar-refractivity contribution in [3.05, 3.63) is 80.0 Å². The van der Waals surface area contributed by atoms with Gasteiger partial charge in [0, 0.05) is 18.0 Å². The van der Waals surface area contributed by atoms with Gasteiger partial charge in [-0.15, -0.1) is 11.3 Å². The molecule has 3 nitrogen and oxygen atoms in total. The van der Waals surface area contributed by atoms with Crippen LogP contribution in [0.25, 0.3) is 0 Å². The molecule has 0 aliphatic carbocycles. The Morgan fingerprint density at radius 1 is 1.00 bits per heavy atom. The molecule has 0 atom stereocenters. The van der Waals surface area contributed by atoms with Crippen LogP contribution in [-0.4, -0.2) is 6.61 Å². The molecule has 2 aromatic carbocycles. The van der Waals surface area contributed by atoms with Gasteiger partial charge in [-0.3, -0.25) is 0 Å². The lowest BCUT2D eigenvalue weighted by Crippen LogP contribution is -2.12. The fourth-order valence-electron chi connectivity index (χ4n) is 2.71. The molecule has 1 aromatic heterocycles. The van der Waals surface area contributed by atoms with Crippen molar-refractivity contribution in [3.63, 3.8) is 0 Å². The van der Waals surface area contributed by atoms with E-state index < -0.39 is 0 Å². The van der Waals surface area contributed by atoms with Gasteiger partial charge in [0.05, 0.1) is 11.1 Å². The van der Waals surface area contributed by atoms with Gasteiger partial charge < -0.3 is 14.8 Å². The molecule has 3 rings (SSSR count). The van der Waals surface area contributed by atoms with Crippen LogP contribution in [0.5, 0.6) is 11.5 Å². The number of aryl methyl sites for hydroxylation is 1. The molecule has 3 aromatic rings. The molecule has 0 radical (unpaired) electrons. The van der Waals surface area contributed by atoms with Gasteiger partial charge in [0.1, 0.15) is 6.61 Å². The molecule has 1 N–H and O–H groups in total. The summed E-state index contributed by atoms with van der Waals surface area (Å²) in [5.41, 5.74) is 3.54. The van der Waals surface area contributed by atoms with E-state index in [2.05, 4.69) is 82.1 Å². The molecule has 27 heavy (non-hydrogen) atoms. The molecule has 1 heterocycles. The molecule has 0 spiro atoms.